The molecule has 114 valence electrons. The van der Waals surface area contributed by atoms with Gasteiger partial charge in [-0.3, -0.25) is 4.99 Å². The number of guanidine groups is 1. The SMILES string of the molecule is CCOCCNC(=NC)NCC1CCCN(C)C1.I. The van der Waals surface area contributed by atoms with Crippen molar-refractivity contribution in [3.8, 4) is 0 Å². The van der Waals surface area contributed by atoms with Gasteiger partial charge in [-0.2, -0.15) is 0 Å². The average molecular weight is 384 g/mol. The molecule has 0 amide bonds. The van der Waals surface area contributed by atoms with Crippen LogP contribution >= 0.6 is 24.0 Å². The van der Waals surface area contributed by atoms with Crippen LogP contribution in [0.2, 0.25) is 0 Å². The zero-order valence-electron chi connectivity index (χ0n) is 12.4. The van der Waals surface area contributed by atoms with Crippen LogP contribution in [0.3, 0.4) is 0 Å². The van der Waals surface area contributed by atoms with Gasteiger partial charge >= 0.3 is 0 Å². The molecule has 0 bridgehead atoms. The lowest BCUT2D eigenvalue weighted by Crippen LogP contribution is -2.44. The van der Waals surface area contributed by atoms with Gasteiger partial charge in [-0.05, 0) is 39.3 Å². The molecule has 1 aliphatic rings. The second kappa shape index (κ2) is 11.7. The number of piperidine rings is 1. The second-order valence-corrected chi connectivity index (χ2v) is 4.85. The first-order valence-electron chi connectivity index (χ1n) is 6.97. The summed E-state index contributed by atoms with van der Waals surface area (Å²) in [6.45, 7) is 7.72. The zero-order chi connectivity index (χ0) is 13.2. The first-order valence-corrected chi connectivity index (χ1v) is 6.97. The average Bonchev–Trinajstić information content (AvgIpc) is 2.38. The number of halogens is 1. The van der Waals surface area contributed by atoms with Gasteiger partial charge in [0, 0.05) is 33.3 Å². The molecule has 1 fully saturated rings. The molecule has 1 atom stereocenters. The fraction of sp³-hybridized carbons (Fsp3) is 0.923. The van der Waals surface area contributed by atoms with Crippen LogP contribution in [-0.4, -0.2) is 64.3 Å². The predicted octanol–water partition coefficient (Wildman–Crippen LogP) is 1.15. The van der Waals surface area contributed by atoms with Gasteiger partial charge in [0.15, 0.2) is 5.96 Å². The highest BCUT2D eigenvalue weighted by atomic mass is 127. The molecule has 1 aliphatic heterocycles. The quantitative estimate of drug-likeness (QED) is 0.312. The highest BCUT2D eigenvalue weighted by molar-refractivity contribution is 14.0. The third-order valence-corrected chi connectivity index (χ3v) is 3.25. The van der Waals surface area contributed by atoms with E-state index < -0.39 is 0 Å². The van der Waals surface area contributed by atoms with Crippen molar-refractivity contribution < 1.29 is 4.74 Å². The van der Waals surface area contributed by atoms with E-state index in [1.165, 1.54) is 25.9 Å². The molecule has 0 aromatic heterocycles. The Balaban J connectivity index is 0.00000324. The minimum absolute atomic E-state index is 0. The van der Waals surface area contributed by atoms with Gasteiger partial charge in [-0.1, -0.05) is 0 Å². The summed E-state index contributed by atoms with van der Waals surface area (Å²) < 4.78 is 5.28. The van der Waals surface area contributed by atoms with Crippen LogP contribution in [0.4, 0.5) is 0 Å². The first kappa shape index (κ1) is 18.9. The molecule has 0 aliphatic carbocycles. The van der Waals surface area contributed by atoms with Gasteiger partial charge in [0.05, 0.1) is 6.61 Å². The first-order chi connectivity index (χ1) is 8.76. The molecule has 5 nitrogen and oxygen atoms in total. The number of ether oxygens (including phenoxy) is 1. The molecule has 19 heavy (non-hydrogen) atoms. The largest absolute Gasteiger partial charge is 0.380 e. The highest BCUT2D eigenvalue weighted by Gasteiger charge is 2.16. The van der Waals surface area contributed by atoms with Gasteiger partial charge < -0.3 is 20.3 Å². The molecule has 0 aromatic rings. The zero-order valence-corrected chi connectivity index (χ0v) is 14.8. The highest BCUT2D eigenvalue weighted by Crippen LogP contribution is 2.13. The van der Waals surface area contributed by atoms with Crippen LogP contribution < -0.4 is 10.6 Å². The van der Waals surface area contributed by atoms with Gasteiger partial charge in [0.1, 0.15) is 0 Å². The normalized spacial score (nSPS) is 20.8. The molecule has 1 heterocycles. The molecule has 0 aromatic carbocycles. The van der Waals surface area contributed by atoms with Crippen LogP contribution in [0.1, 0.15) is 19.8 Å². The summed E-state index contributed by atoms with van der Waals surface area (Å²) >= 11 is 0. The van der Waals surface area contributed by atoms with E-state index in [4.69, 9.17) is 4.74 Å². The maximum Gasteiger partial charge on any atom is 0.191 e. The van der Waals surface area contributed by atoms with Crippen molar-refractivity contribution in [2.75, 3.05) is 53.5 Å². The standard InChI is InChI=1S/C13H28N4O.HI/c1-4-18-9-7-15-13(14-2)16-10-12-6-5-8-17(3)11-12;/h12H,4-11H2,1-3H3,(H2,14,15,16);1H. The van der Waals surface area contributed by atoms with Gasteiger partial charge in [-0.25, -0.2) is 0 Å². The molecule has 0 spiro atoms. The number of hydrogen-bond donors (Lipinski definition) is 2. The maximum atomic E-state index is 5.28. The summed E-state index contributed by atoms with van der Waals surface area (Å²) in [6.07, 6.45) is 2.62. The third-order valence-electron chi connectivity index (χ3n) is 3.25. The van der Waals surface area contributed by atoms with E-state index in [9.17, 15) is 0 Å². The van der Waals surface area contributed by atoms with Gasteiger partial charge in [-0.15, -0.1) is 24.0 Å². The monoisotopic (exact) mass is 384 g/mol. The Morgan fingerprint density at radius 3 is 2.84 bits per heavy atom. The van der Waals surface area contributed by atoms with Crippen molar-refractivity contribution in [2.24, 2.45) is 10.9 Å². The number of aliphatic imine (C=N–C) groups is 1. The van der Waals surface area contributed by atoms with E-state index in [0.29, 0.717) is 0 Å². The molecular weight excluding hydrogens is 355 g/mol. The third kappa shape index (κ3) is 8.65. The van der Waals surface area contributed by atoms with E-state index in [1.54, 1.807) is 0 Å². The van der Waals surface area contributed by atoms with Crippen molar-refractivity contribution in [2.45, 2.75) is 19.8 Å². The summed E-state index contributed by atoms with van der Waals surface area (Å²) in [5.41, 5.74) is 0. The minimum Gasteiger partial charge on any atom is -0.380 e. The number of nitrogens with one attached hydrogen (secondary N) is 2. The van der Waals surface area contributed by atoms with Crippen LogP contribution in [0, 0.1) is 5.92 Å². The van der Waals surface area contributed by atoms with Crippen LogP contribution in [0.15, 0.2) is 4.99 Å². The summed E-state index contributed by atoms with van der Waals surface area (Å²) in [5, 5.41) is 6.65. The molecule has 1 saturated heterocycles. The van der Waals surface area contributed by atoms with Crippen molar-refractivity contribution >= 4 is 29.9 Å². The lowest BCUT2D eigenvalue weighted by Gasteiger charge is -2.30. The Morgan fingerprint density at radius 1 is 1.42 bits per heavy atom. The van der Waals surface area contributed by atoms with Crippen molar-refractivity contribution in [3.63, 3.8) is 0 Å². The van der Waals surface area contributed by atoms with Crippen LogP contribution in [0.5, 0.6) is 0 Å². The molecule has 0 radical (unpaired) electrons. The Bertz CT molecular complexity index is 251. The van der Waals surface area contributed by atoms with E-state index in [-0.39, 0.29) is 24.0 Å². The van der Waals surface area contributed by atoms with Crippen molar-refractivity contribution in [1.29, 1.82) is 0 Å². The maximum absolute atomic E-state index is 5.28. The topological polar surface area (TPSA) is 48.9 Å². The van der Waals surface area contributed by atoms with Crippen molar-refractivity contribution in [1.82, 2.24) is 15.5 Å². The van der Waals surface area contributed by atoms with Gasteiger partial charge in [0.2, 0.25) is 0 Å². The summed E-state index contributed by atoms with van der Waals surface area (Å²) in [5.74, 6) is 1.61. The Kier molecular flexibility index (Phi) is 11.7. The number of rotatable bonds is 6. The molecule has 1 unspecified atom stereocenters. The Hall–Kier alpha value is -0.0800. The Morgan fingerprint density at radius 2 is 2.21 bits per heavy atom. The van der Waals surface area contributed by atoms with E-state index in [2.05, 4.69) is 27.6 Å². The van der Waals surface area contributed by atoms with Crippen molar-refractivity contribution in [3.05, 3.63) is 0 Å². The van der Waals surface area contributed by atoms with Gasteiger partial charge in [0.25, 0.3) is 0 Å². The molecule has 0 saturated carbocycles. The van der Waals surface area contributed by atoms with Crippen LogP contribution in [-0.2, 0) is 4.74 Å². The molecule has 2 N–H and O–H groups in total. The van der Waals surface area contributed by atoms with E-state index in [1.807, 2.05) is 14.0 Å². The summed E-state index contributed by atoms with van der Waals surface area (Å²) in [6, 6.07) is 0. The number of likely N-dealkylation sites (tertiary alicyclic amines) is 1. The Labute approximate surface area is 134 Å². The molecular formula is C13H29IN4O. The fourth-order valence-corrected chi connectivity index (χ4v) is 2.29. The lowest BCUT2D eigenvalue weighted by molar-refractivity contribution is 0.152. The molecule has 1 rings (SSSR count). The fourth-order valence-electron chi connectivity index (χ4n) is 2.29. The lowest BCUT2D eigenvalue weighted by atomic mass is 9.99. The van der Waals surface area contributed by atoms with E-state index in [0.717, 1.165) is 38.2 Å². The summed E-state index contributed by atoms with van der Waals surface area (Å²) in [7, 11) is 4.00. The predicted molar refractivity (Wildman–Crippen MR) is 91.5 cm³/mol. The molecule has 6 heteroatoms. The second-order valence-electron chi connectivity index (χ2n) is 4.85. The number of hydrogen-bond acceptors (Lipinski definition) is 3. The summed E-state index contributed by atoms with van der Waals surface area (Å²) in [4.78, 5) is 6.62. The smallest absolute Gasteiger partial charge is 0.191 e. The van der Waals surface area contributed by atoms with E-state index >= 15 is 0 Å². The number of nitrogens with zero attached hydrogens (tertiary/aromatic N) is 2. The van der Waals surface area contributed by atoms with Crippen LogP contribution in [0.25, 0.3) is 0 Å². The minimum atomic E-state index is 0.